The van der Waals surface area contributed by atoms with Crippen LogP contribution in [0.5, 0.6) is 0 Å². The molecule has 5 nitrogen and oxygen atoms in total. The van der Waals surface area contributed by atoms with E-state index >= 15 is 0 Å². The average Bonchev–Trinajstić information content (AvgIpc) is 2.23. The Balaban J connectivity index is 2.44. The summed E-state index contributed by atoms with van der Waals surface area (Å²) in [4.78, 5) is 34.0. The van der Waals surface area contributed by atoms with Crippen LogP contribution in [0.3, 0.4) is 0 Å². The molecule has 5 heteroatoms. The van der Waals surface area contributed by atoms with Gasteiger partial charge in [0.1, 0.15) is 5.92 Å². The van der Waals surface area contributed by atoms with Gasteiger partial charge in [-0.2, -0.15) is 0 Å². The topological polar surface area (TPSA) is 75.3 Å². The Hall–Kier alpha value is -1.39. The third-order valence-corrected chi connectivity index (χ3v) is 3.12. The van der Waals surface area contributed by atoms with Gasteiger partial charge in [0.15, 0.2) is 0 Å². The van der Waals surface area contributed by atoms with Crippen molar-refractivity contribution in [3.8, 4) is 0 Å². The lowest BCUT2D eigenvalue weighted by Crippen LogP contribution is -2.57. The minimum Gasteiger partial charge on any atom is -0.277 e. The molecule has 0 spiro atoms. The molecule has 1 fully saturated rings. The maximum atomic E-state index is 11.6. The molecule has 1 saturated heterocycles. The number of urea groups is 1. The molecule has 0 aromatic carbocycles. The molecular formula is C12H20N2O3. The van der Waals surface area contributed by atoms with Crippen molar-refractivity contribution in [3.05, 3.63) is 0 Å². The predicted molar refractivity (Wildman–Crippen MR) is 63.1 cm³/mol. The zero-order chi connectivity index (χ0) is 12.8. The summed E-state index contributed by atoms with van der Waals surface area (Å²) >= 11 is 0. The minimum atomic E-state index is -0.727. The third-order valence-electron chi connectivity index (χ3n) is 3.12. The molecular weight excluding hydrogens is 220 g/mol. The zero-order valence-corrected chi connectivity index (χ0v) is 10.4. The van der Waals surface area contributed by atoms with E-state index in [4.69, 9.17) is 0 Å². The highest BCUT2D eigenvalue weighted by Gasteiger charge is 2.37. The Morgan fingerprint density at radius 3 is 2.18 bits per heavy atom. The van der Waals surface area contributed by atoms with Crippen LogP contribution in [0.4, 0.5) is 4.79 Å². The van der Waals surface area contributed by atoms with Gasteiger partial charge >= 0.3 is 6.03 Å². The molecule has 1 unspecified atom stereocenters. The van der Waals surface area contributed by atoms with Crippen molar-refractivity contribution in [2.24, 2.45) is 11.8 Å². The van der Waals surface area contributed by atoms with Crippen molar-refractivity contribution in [3.63, 3.8) is 0 Å². The Bertz CT molecular complexity index is 295. The Morgan fingerprint density at radius 2 is 1.65 bits per heavy atom. The fraction of sp³-hybridized carbons (Fsp3) is 0.750. The number of amides is 4. The molecule has 0 aromatic rings. The smallest absolute Gasteiger partial charge is 0.277 e. The van der Waals surface area contributed by atoms with E-state index in [9.17, 15) is 14.4 Å². The first kappa shape index (κ1) is 13.7. The highest BCUT2D eigenvalue weighted by Crippen LogP contribution is 2.21. The largest absolute Gasteiger partial charge is 0.328 e. The summed E-state index contributed by atoms with van der Waals surface area (Å²) in [6.45, 7) is 4.02. The summed E-state index contributed by atoms with van der Waals surface area (Å²) in [5.41, 5.74) is 0. The Kier molecular flexibility index (Phi) is 5.12. The van der Waals surface area contributed by atoms with Crippen molar-refractivity contribution >= 4 is 17.8 Å². The van der Waals surface area contributed by atoms with Gasteiger partial charge < -0.3 is 0 Å². The maximum Gasteiger partial charge on any atom is 0.328 e. The van der Waals surface area contributed by atoms with E-state index in [0.29, 0.717) is 0 Å². The van der Waals surface area contributed by atoms with Gasteiger partial charge in [-0.3, -0.25) is 20.2 Å². The van der Waals surface area contributed by atoms with Crippen molar-refractivity contribution in [1.82, 2.24) is 10.6 Å². The molecule has 0 bridgehead atoms. The number of carbonyl (C=O) groups is 3. The Labute approximate surface area is 101 Å². The second-order valence-electron chi connectivity index (χ2n) is 4.61. The molecule has 0 saturated carbocycles. The van der Waals surface area contributed by atoms with Gasteiger partial charge in [-0.25, -0.2) is 4.79 Å². The highest BCUT2D eigenvalue weighted by atomic mass is 16.2. The fourth-order valence-corrected chi connectivity index (χ4v) is 2.11. The van der Waals surface area contributed by atoms with Crippen LogP contribution in [-0.2, 0) is 9.59 Å². The summed E-state index contributed by atoms with van der Waals surface area (Å²) in [7, 11) is 0. The predicted octanol–water partition coefficient (Wildman–Crippen LogP) is 1.58. The number of barbiturate groups is 1. The van der Waals surface area contributed by atoms with Crippen LogP contribution in [0.15, 0.2) is 0 Å². The minimum absolute atomic E-state index is 0.0278. The van der Waals surface area contributed by atoms with Crippen LogP contribution in [0, 0.1) is 11.8 Å². The van der Waals surface area contributed by atoms with Gasteiger partial charge in [0.05, 0.1) is 0 Å². The number of rotatable bonds is 6. The molecule has 2 N–H and O–H groups in total. The highest BCUT2D eigenvalue weighted by molar-refractivity contribution is 6.16. The van der Waals surface area contributed by atoms with Gasteiger partial charge in [-0.05, 0) is 12.3 Å². The van der Waals surface area contributed by atoms with Gasteiger partial charge in [0, 0.05) is 0 Å². The second-order valence-corrected chi connectivity index (χ2v) is 4.61. The van der Waals surface area contributed by atoms with Crippen molar-refractivity contribution < 1.29 is 14.4 Å². The number of nitrogens with one attached hydrogen (secondary N) is 2. The second kappa shape index (κ2) is 6.37. The molecule has 0 aliphatic carbocycles. The van der Waals surface area contributed by atoms with E-state index in [2.05, 4.69) is 17.6 Å². The van der Waals surface area contributed by atoms with Crippen LogP contribution in [-0.4, -0.2) is 17.8 Å². The maximum absolute atomic E-state index is 11.6. The van der Waals surface area contributed by atoms with E-state index in [1.54, 1.807) is 0 Å². The molecule has 1 rings (SSSR count). The van der Waals surface area contributed by atoms with Crippen molar-refractivity contribution in [2.75, 3.05) is 0 Å². The van der Waals surface area contributed by atoms with Gasteiger partial charge in [0.2, 0.25) is 11.8 Å². The standard InChI is InChI=1S/C12H20N2O3/c1-3-4-5-6-7-8(2)9-10(15)13-12(17)14-11(9)16/h8-9H,3-7H2,1-2H3,(H2,13,14,15,16,17). The molecule has 96 valence electrons. The van der Waals surface area contributed by atoms with Crippen LogP contribution in [0.2, 0.25) is 0 Å². The number of imide groups is 2. The number of carbonyl (C=O) groups excluding carboxylic acids is 3. The van der Waals surface area contributed by atoms with E-state index in [0.717, 1.165) is 25.7 Å². The van der Waals surface area contributed by atoms with Crippen molar-refractivity contribution in [2.45, 2.75) is 46.0 Å². The van der Waals surface area contributed by atoms with Gasteiger partial charge in [-0.1, -0.05) is 39.5 Å². The summed E-state index contributed by atoms with van der Waals surface area (Å²) in [5, 5.41) is 4.26. The van der Waals surface area contributed by atoms with E-state index in [1.807, 2.05) is 6.92 Å². The summed E-state index contributed by atoms with van der Waals surface area (Å²) in [6, 6.07) is -0.713. The molecule has 0 aromatic heterocycles. The van der Waals surface area contributed by atoms with Crippen molar-refractivity contribution in [1.29, 1.82) is 0 Å². The van der Waals surface area contributed by atoms with E-state index in [-0.39, 0.29) is 5.92 Å². The van der Waals surface area contributed by atoms with Crippen LogP contribution >= 0.6 is 0 Å². The summed E-state index contributed by atoms with van der Waals surface area (Å²) in [5.74, 6) is -1.70. The first-order chi connectivity index (χ1) is 8.06. The van der Waals surface area contributed by atoms with Crippen LogP contribution in [0.1, 0.15) is 46.0 Å². The molecule has 1 heterocycles. The lowest BCUT2D eigenvalue weighted by atomic mass is 9.87. The van der Waals surface area contributed by atoms with Crippen LogP contribution < -0.4 is 10.6 Å². The summed E-state index contributed by atoms with van der Waals surface area (Å²) in [6.07, 6.45) is 5.30. The lowest BCUT2D eigenvalue weighted by molar-refractivity contribution is -0.138. The average molecular weight is 240 g/mol. The molecule has 4 amide bonds. The van der Waals surface area contributed by atoms with E-state index in [1.165, 1.54) is 6.42 Å². The first-order valence-corrected chi connectivity index (χ1v) is 6.22. The molecule has 17 heavy (non-hydrogen) atoms. The Morgan fingerprint density at radius 1 is 1.06 bits per heavy atom. The van der Waals surface area contributed by atoms with Gasteiger partial charge in [-0.15, -0.1) is 0 Å². The van der Waals surface area contributed by atoms with Gasteiger partial charge in [0.25, 0.3) is 0 Å². The number of hydrogen-bond donors (Lipinski definition) is 2. The zero-order valence-electron chi connectivity index (χ0n) is 10.4. The molecule has 1 aliphatic heterocycles. The third kappa shape index (κ3) is 3.84. The SMILES string of the molecule is CCCCCCC(C)C1C(=O)NC(=O)NC1=O. The molecule has 1 aliphatic rings. The van der Waals surface area contributed by atoms with Crippen LogP contribution in [0.25, 0.3) is 0 Å². The monoisotopic (exact) mass is 240 g/mol. The number of hydrogen-bond acceptors (Lipinski definition) is 3. The number of unbranched alkanes of at least 4 members (excludes halogenated alkanes) is 3. The first-order valence-electron chi connectivity index (χ1n) is 6.22. The fourth-order valence-electron chi connectivity index (χ4n) is 2.11. The quantitative estimate of drug-likeness (QED) is 0.546. The molecule has 1 atom stereocenters. The summed E-state index contributed by atoms with van der Waals surface area (Å²) < 4.78 is 0. The normalized spacial score (nSPS) is 18.8. The lowest BCUT2D eigenvalue weighted by Gasteiger charge is -2.25. The van der Waals surface area contributed by atoms with E-state index < -0.39 is 23.8 Å². The molecule has 0 radical (unpaired) electrons.